The molecule has 0 aliphatic heterocycles. The van der Waals surface area contributed by atoms with Crippen LogP contribution < -0.4 is 10.5 Å². The van der Waals surface area contributed by atoms with Gasteiger partial charge in [0.1, 0.15) is 16.5 Å². The van der Waals surface area contributed by atoms with E-state index in [2.05, 4.69) is 15.9 Å². The Morgan fingerprint density at radius 2 is 1.82 bits per heavy atom. The van der Waals surface area contributed by atoms with E-state index in [1.807, 2.05) is 48.5 Å². The molecule has 0 atom stereocenters. The van der Waals surface area contributed by atoms with Gasteiger partial charge in [-0.3, -0.25) is 0 Å². The highest BCUT2D eigenvalue weighted by Gasteiger charge is 2.05. The molecule has 2 aromatic rings. The molecule has 0 radical (unpaired) electrons. The molecule has 0 saturated heterocycles. The van der Waals surface area contributed by atoms with Crippen molar-refractivity contribution in [2.24, 2.45) is 5.73 Å². The van der Waals surface area contributed by atoms with Crippen LogP contribution in [0.4, 0.5) is 0 Å². The highest BCUT2D eigenvalue weighted by atomic mass is 79.9. The molecule has 0 heterocycles. The molecule has 0 aliphatic carbocycles. The van der Waals surface area contributed by atoms with Gasteiger partial charge in [0.2, 0.25) is 0 Å². The molecule has 86 valence electrons. The Labute approximate surface area is 114 Å². The Hall–Kier alpha value is -1.39. The van der Waals surface area contributed by atoms with E-state index in [1.165, 1.54) is 0 Å². The number of ether oxygens (including phenoxy) is 1. The monoisotopic (exact) mass is 307 g/mol. The third-order valence-corrected chi connectivity index (χ3v) is 3.04. The van der Waals surface area contributed by atoms with Crippen LogP contribution in [0.15, 0.2) is 53.0 Å². The summed E-state index contributed by atoms with van der Waals surface area (Å²) < 4.78 is 6.54. The van der Waals surface area contributed by atoms with Crippen LogP contribution in [0.2, 0.25) is 0 Å². The quantitative estimate of drug-likeness (QED) is 0.874. The van der Waals surface area contributed by atoms with Crippen molar-refractivity contribution in [3.63, 3.8) is 0 Å². The molecule has 2 rings (SSSR count). The van der Waals surface area contributed by atoms with Crippen molar-refractivity contribution in [2.45, 2.75) is 0 Å². The summed E-state index contributed by atoms with van der Waals surface area (Å²) in [6, 6.07) is 15.1. The highest BCUT2D eigenvalue weighted by Crippen LogP contribution is 2.30. The summed E-state index contributed by atoms with van der Waals surface area (Å²) in [5.41, 5.74) is 6.37. The molecule has 0 saturated carbocycles. The Morgan fingerprint density at radius 1 is 1.12 bits per heavy atom. The van der Waals surface area contributed by atoms with Gasteiger partial charge in [-0.2, -0.15) is 0 Å². The van der Waals surface area contributed by atoms with Crippen LogP contribution in [0.3, 0.4) is 0 Å². The van der Waals surface area contributed by atoms with Gasteiger partial charge in [0.25, 0.3) is 0 Å². The molecule has 4 heteroatoms. The standard InChI is InChI=1S/C13H10BrNOS/c14-11-8-9(13(15)17)6-7-12(11)16-10-4-2-1-3-5-10/h1-8H,(H2,15,17). The number of nitrogens with two attached hydrogens (primary N) is 1. The fourth-order valence-electron chi connectivity index (χ4n) is 1.35. The molecule has 0 unspecified atom stereocenters. The van der Waals surface area contributed by atoms with E-state index in [0.717, 1.165) is 21.5 Å². The second kappa shape index (κ2) is 5.29. The lowest BCUT2D eigenvalue weighted by atomic mass is 10.2. The Kier molecular flexibility index (Phi) is 3.76. The number of rotatable bonds is 3. The summed E-state index contributed by atoms with van der Waals surface area (Å²) in [6.07, 6.45) is 0. The van der Waals surface area contributed by atoms with Crippen LogP contribution in [-0.2, 0) is 0 Å². The van der Waals surface area contributed by atoms with E-state index >= 15 is 0 Å². The number of benzene rings is 2. The normalized spacial score (nSPS) is 9.94. The number of para-hydroxylation sites is 1. The Balaban J connectivity index is 2.26. The van der Waals surface area contributed by atoms with E-state index in [1.54, 1.807) is 0 Å². The Morgan fingerprint density at radius 3 is 2.41 bits per heavy atom. The van der Waals surface area contributed by atoms with Gasteiger partial charge >= 0.3 is 0 Å². The maximum atomic E-state index is 5.71. The lowest BCUT2D eigenvalue weighted by Gasteiger charge is -2.08. The molecule has 0 amide bonds. The lowest BCUT2D eigenvalue weighted by molar-refractivity contribution is 0.479. The second-order valence-corrected chi connectivity index (χ2v) is 4.72. The van der Waals surface area contributed by atoms with Crippen LogP contribution in [0, 0.1) is 0 Å². The molecular formula is C13H10BrNOS. The first-order valence-corrected chi connectivity index (χ1v) is 6.19. The third kappa shape index (κ3) is 3.05. The van der Waals surface area contributed by atoms with Crippen molar-refractivity contribution in [2.75, 3.05) is 0 Å². The van der Waals surface area contributed by atoms with E-state index < -0.39 is 0 Å². The SMILES string of the molecule is NC(=S)c1ccc(Oc2ccccc2)c(Br)c1. The fraction of sp³-hybridized carbons (Fsp3) is 0. The average Bonchev–Trinajstić information content (AvgIpc) is 2.33. The molecule has 17 heavy (non-hydrogen) atoms. The molecule has 2 aromatic carbocycles. The summed E-state index contributed by atoms with van der Waals surface area (Å²) in [5, 5.41) is 0. The molecule has 0 spiro atoms. The predicted molar refractivity (Wildman–Crippen MR) is 76.5 cm³/mol. The predicted octanol–water partition coefficient (Wildman–Crippen LogP) is 3.88. The molecule has 0 aliphatic rings. The largest absolute Gasteiger partial charge is 0.456 e. The molecule has 2 N–H and O–H groups in total. The zero-order chi connectivity index (χ0) is 12.3. The minimum absolute atomic E-state index is 0.372. The van der Waals surface area contributed by atoms with Crippen molar-refractivity contribution >= 4 is 33.1 Å². The van der Waals surface area contributed by atoms with Crippen LogP contribution >= 0.6 is 28.1 Å². The highest BCUT2D eigenvalue weighted by molar-refractivity contribution is 9.10. The van der Waals surface area contributed by atoms with Crippen LogP contribution in [0.5, 0.6) is 11.5 Å². The van der Waals surface area contributed by atoms with Gasteiger partial charge in [-0.25, -0.2) is 0 Å². The average molecular weight is 308 g/mol. The summed E-state index contributed by atoms with van der Waals surface area (Å²) in [4.78, 5) is 0.372. The lowest BCUT2D eigenvalue weighted by Crippen LogP contribution is -2.08. The summed E-state index contributed by atoms with van der Waals surface area (Å²) in [5.74, 6) is 1.52. The number of thiocarbonyl (C=S) groups is 1. The summed E-state index contributed by atoms with van der Waals surface area (Å²) in [6.45, 7) is 0. The van der Waals surface area contributed by atoms with E-state index in [9.17, 15) is 0 Å². The zero-order valence-corrected chi connectivity index (χ0v) is 11.3. The van der Waals surface area contributed by atoms with Gasteiger partial charge < -0.3 is 10.5 Å². The van der Waals surface area contributed by atoms with Crippen LogP contribution in [-0.4, -0.2) is 4.99 Å². The van der Waals surface area contributed by atoms with Crippen LogP contribution in [0.1, 0.15) is 5.56 Å². The molecule has 0 bridgehead atoms. The van der Waals surface area contributed by atoms with Gasteiger partial charge in [-0.1, -0.05) is 30.4 Å². The third-order valence-electron chi connectivity index (χ3n) is 2.19. The first-order chi connectivity index (χ1) is 8.16. The number of hydrogen-bond donors (Lipinski definition) is 1. The van der Waals surface area contributed by atoms with Crippen molar-refractivity contribution in [1.82, 2.24) is 0 Å². The molecular weight excluding hydrogens is 298 g/mol. The smallest absolute Gasteiger partial charge is 0.141 e. The van der Waals surface area contributed by atoms with E-state index in [4.69, 9.17) is 22.7 Å². The van der Waals surface area contributed by atoms with Crippen molar-refractivity contribution < 1.29 is 4.74 Å². The maximum Gasteiger partial charge on any atom is 0.141 e. The topological polar surface area (TPSA) is 35.2 Å². The number of hydrogen-bond acceptors (Lipinski definition) is 2. The summed E-state index contributed by atoms with van der Waals surface area (Å²) >= 11 is 8.34. The van der Waals surface area contributed by atoms with Crippen LogP contribution in [0.25, 0.3) is 0 Å². The van der Waals surface area contributed by atoms with Crippen molar-refractivity contribution in [1.29, 1.82) is 0 Å². The van der Waals surface area contributed by atoms with E-state index in [0.29, 0.717) is 4.99 Å². The van der Waals surface area contributed by atoms with Crippen molar-refractivity contribution in [3.05, 3.63) is 58.6 Å². The minimum Gasteiger partial charge on any atom is -0.456 e. The van der Waals surface area contributed by atoms with Gasteiger partial charge in [0.15, 0.2) is 0 Å². The minimum atomic E-state index is 0.372. The van der Waals surface area contributed by atoms with E-state index in [-0.39, 0.29) is 0 Å². The molecule has 0 fully saturated rings. The van der Waals surface area contributed by atoms with Gasteiger partial charge in [-0.15, -0.1) is 0 Å². The maximum absolute atomic E-state index is 5.71. The second-order valence-electron chi connectivity index (χ2n) is 3.42. The first kappa shape index (κ1) is 12.1. The summed E-state index contributed by atoms with van der Waals surface area (Å²) in [7, 11) is 0. The van der Waals surface area contributed by atoms with Crippen molar-refractivity contribution in [3.8, 4) is 11.5 Å². The first-order valence-electron chi connectivity index (χ1n) is 4.99. The Bertz CT molecular complexity index is 542. The van der Waals surface area contributed by atoms with Gasteiger partial charge in [-0.05, 0) is 46.3 Å². The fourth-order valence-corrected chi connectivity index (χ4v) is 1.94. The number of halogens is 1. The molecule has 2 nitrogen and oxygen atoms in total. The molecule has 0 aromatic heterocycles. The van der Waals surface area contributed by atoms with Gasteiger partial charge in [0, 0.05) is 5.56 Å². The zero-order valence-electron chi connectivity index (χ0n) is 8.89. The van der Waals surface area contributed by atoms with Gasteiger partial charge in [0.05, 0.1) is 4.47 Å².